The van der Waals surface area contributed by atoms with Crippen LogP contribution in [0.15, 0.2) is 66.7 Å². The highest BCUT2D eigenvalue weighted by Gasteiger charge is 2.16. The summed E-state index contributed by atoms with van der Waals surface area (Å²) in [4.78, 5) is 12.4. The number of carbonyl (C=O) groups excluding carboxylic acids is 1. The summed E-state index contributed by atoms with van der Waals surface area (Å²) in [5.74, 6) is 0.743. The second-order valence-corrected chi connectivity index (χ2v) is 6.08. The van der Waals surface area contributed by atoms with E-state index in [2.05, 4.69) is 10.6 Å². The van der Waals surface area contributed by atoms with Gasteiger partial charge in [-0.1, -0.05) is 12.1 Å². The molecular weight excluding hydrogens is 347 g/mol. The van der Waals surface area contributed by atoms with Crippen molar-refractivity contribution in [3.8, 4) is 11.5 Å². The number of benzene rings is 3. The van der Waals surface area contributed by atoms with E-state index in [9.17, 15) is 9.18 Å². The lowest BCUT2D eigenvalue weighted by Gasteiger charge is -2.09. The molecule has 0 unspecified atom stereocenters. The lowest BCUT2D eigenvalue weighted by atomic mass is 10.2. The molecule has 0 saturated carbocycles. The molecule has 0 aromatic heterocycles. The van der Waals surface area contributed by atoms with E-state index in [1.54, 1.807) is 30.3 Å². The number of amides is 1. The minimum Gasteiger partial charge on any atom is -0.454 e. The van der Waals surface area contributed by atoms with E-state index in [1.165, 1.54) is 12.1 Å². The maximum absolute atomic E-state index is 12.9. The highest BCUT2D eigenvalue weighted by atomic mass is 19.1. The van der Waals surface area contributed by atoms with Gasteiger partial charge in [-0.25, -0.2) is 4.39 Å². The molecule has 0 spiro atoms. The van der Waals surface area contributed by atoms with Gasteiger partial charge in [0.15, 0.2) is 11.5 Å². The molecule has 1 heterocycles. The zero-order chi connectivity index (χ0) is 18.6. The Labute approximate surface area is 155 Å². The quantitative estimate of drug-likeness (QED) is 0.704. The average Bonchev–Trinajstić information content (AvgIpc) is 3.16. The molecule has 0 radical (unpaired) electrons. The fourth-order valence-corrected chi connectivity index (χ4v) is 2.72. The molecule has 0 saturated heterocycles. The Hall–Kier alpha value is -3.54. The fourth-order valence-electron chi connectivity index (χ4n) is 2.72. The summed E-state index contributed by atoms with van der Waals surface area (Å²) in [7, 11) is 0. The van der Waals surface area contributed by atoms with Crippen molar-refractivity contribution in [2.24, 2.45) is 0 Å². The van der Waals surface area contributed by atoms with Crippen molar-refractivity contribution < 1.29 is 18.7 Å². The van der Waals surface area contributed by atoms with Crippen LogP contribution >= 0.6 is 0 Å². The second kappa shape index (κ2) is 7.37. The van der Waals surface area contributed by atoms with Crippen LogP contribution in [0.3, 0.4) is 0 Å². The molecule has 27 heavy (non-hydrogen) atoms. The van der Waals surface area contributed by atoms with Crippen LogP contribution in [0.25, 0.3) is 0 Å². The van der Waals surface area contributed by atoms with Gasteiger partial charge in [-0.05, 0) is 60.2 Å². The Morgan fingerprint density at radius 2 is 1.59 bits per heavy atom. The predicted molar refractivity (Wildman–Crippen MR) is 101 cm³/mol. The summed E-state index contributed by atoms with van der Waals surface area (Å²) in [5, 5.41) is 6.11. The second-order valence-electron chi connectivity index (χ2n) is 6.08. The summed E-state index contributed by atoms with van der Waals surface area (Å²) < 4.78 is 23.5. The minimum absolute atomic E-state index is 0.173. The van der Waals surface area contributed by atoms with Gasteiger partial charge < -0.3 is 20.1 Å². The van der Waals surface area contributed by atoms with Crippen LogP contribution in [-0.2, 0) is 6.54 Å². The van der Waals surface area contributed by atoms with E-state index >= 15 is 0 Å². The molecule has 3 aromatic carbocycles. The van der Waals surface area contributed by atoms with Gasteiger partial charge in [-0.2, -0.15) is 0 Å². The summed E-state index contributed by atoms with van der Waals surface area (Å²) in [6, 6.07) is 18.8. The molecule has 3 aromatic rings. The van der Waals surface area contributed by atoms with Crippen molar-refractivity contribution in [1.29, 1.82) is 0 Å². The summed E-state index contributed by atoms with van der Waals surface area (Å²) in [6.07, 6.45) is 0. The van der Waals surface area contributed by atoms with Crippen molar-refractivity contribution in [3.05, 3.63) is 83.7 Å². The van der Waals surface area contributed by atoms with Crippen molar-refractivity contribution >= 4 is 17.3 Å². The zero-order valence-electron chi connectivity index (χ0n) is 14.4. The Bertz CT molecular complexity index is 956. The number of nitrogens with one attached hydrogen (secondary N) is 2. The van der Waals surface area contributed by atoms with Crippen LogP contribution < -0.4 is 20.1 Å². The van der Waals surface area contributed by atoms with Gasteiger partial charge in [-0.3, -0.25) is 4.79 Å². The Kier molecular flexibility index (Phi) is 4.61. The van der Waals surface area contributed by atoms with Crippen LogP contribution in [0, 0.1) is 5.82 Å². The Morgan fingerprint density at radius 1 is 0.889 bits per heavy atom. The van der Waals surface area contributed by atoms with Gasteiger partial charge in [0.2, 0.25) is 6.79 Å². The third-order valence-electron chi connectivity index (χ3n) is 4.19. The van der Waals surface area contributed by atoms with E-state index in [1.807, 2.05) is 24.3 Å². The summed E-state index contributed by atoms with van der Waals surface area (Å²) >= 11 is 0. The number of carbonyl (C=O) groups is 1. The summed E-state index contributed by atoms with van der Waals surface area (Å²) in [6.45, 7) is 0.760. The van der Waals surface area contributed by atoms with E-state index in [0.717, 1.165) is 11.3 Å². The largest absolute Gasteiger partial charge is 0.454 e. The summed E-state index contributed by atoms with van der Waals surface area (Å²) in [5.41, 5.74) is 3.07. The Morgan fingerprint density at radius 3 is 2.37 bits per heavy atom. The zero-order valence-corrected chi connectivity index (χ0v) is 14.4. The monoisotopic (exact) mass is 364 g/mol. The fraction of sp³-hybridized carbons (Fsp3) is 0.0952. The van der Waals surface area contributed by atoms with Gasteiger partial charge in [0.25, 0.3) is 5.91 Å². The predicted octanol–water partition coefficient (Wildman–Crippen LogP) is 4.42. The number of rotatable bonds is 5. The van der Waals surface area contributed by atoms with Crippen molar-refractivity contribution in [2.45, 2.75) is 6.54 Å². The van der Waals surface area contributed by atoms with Crippen LogP contribution in [0.2, 0.25) is 0 Å². The third kappa shape index (κ3) is 4.00. The first kappa shape index (κ1) is 16.9. The van der Waals surface area contributed by atoms with Crippen LogP contribution in [-0.4, -0.2) is 12.7 Å². The molecule has 6 heteroatoms. The first-order valence-electron chi connectivity index (χ1n) is 8.47. The highest BCUT2D eigenvalue weighted by Crippen LogP contribution is 2.32. The first-order valence-corrected chi connectivity index (χ1v) is 8.47. The number of ether oxygens (including phenoxy) is 2. The third-order valence-corrected chi connectivity index (χ3v) is 4.19. The van der Waals surface area contributed by atoms with Gasteiger partial charge in [0.05, 0.1) is 0 Å². The molecule has 136 valence electrons. The number of anilines is 2. The number of fused-ring (bicyclic) bond motifs is 1. The number of hydrogen-bond acceptors (Lipinski definition) is 4. The van der Waals surface area contributed by atoms with Crippen LogP contribution in [0.1, 0.15) is 15.9 Å². The van der Waals surface area contributed by atoms with Gasteiger partial charge in [0, 0.05) is 23.5 Å². The van der Waals surface area contributed by atoms with Crippen LogP contribution in [0.5, 0.6) is 11.5 Å². The number of halogens is 1. The molecule has 0 aliphatic carbocycles. The normalized spacial score (nSPS) is 11.9. The van der Waals surface area contributed by atoms with E-state index in [0.29, 0.717) is 29.3 Å². The van der Waals surface area contributed by atoms with E-state index < -0.39 is 0 Å². The lowest BCUT2D eigenvalue weighted by molar-refractivity contribution is 0.102. The van der Waals surface area contributed by atoms with Crippen molar-refractivity contribution in [2.75, 3.05) is 17.4 Å². The molecule has 2 N–H and O–H groups in total. The number of hydrogen-bond donors (Lipinski definition) is 2. The van der Waals surface area contributed by atoms with E-state index in [4.69, 9.17) is 9.47 Å². The standard InChI is InChI=1S/C21H17FN2O3/c22-16-4-1-14(2-5-16)12-23-17-6-8-18(9-7-17)24-21(25)15-3-10-19-20(11-15)27-13-26-19/h1-11,23H,12-13H2,(H,24,25). The maximum Gasteiger partial charge on any atom is 0.255 e. The maximum atomic E-state index is 12.9. The SMILES string of the molecule is O=C(Nc1ccc(NCc2ccc(F)cc2)cc1)c1ccc2c(c1)OCO2. The smallest absolute Gasteiger partial charge is 0.255 e. The van der Waals surface area contributed by atoms with Crippen molar-refractivity contribution in [1.82, 2.24) is 0 Å². The molecule has 1 amide bonds. The average molecular weight is 364 g/mol. The molecule has 4 rings (SSSR count). The first-order chi connectivity index (χ1) is 13.2. The molecular formula is C21H17FN2O3. The topological polar surface area (TPSA) is 59.6 Å². The Balaban J connectivity index is 1.36. The highest BCUT2D eigenvalue weighted by molar-refractivity contribution is 6.04. The van der Waals surface area contributed by atoms with E-state index in [-0.39, 0.29) is 18.5 Å². The van der Waals surface area contributed by atoms with Gasteiger partial charge in [0.1, 0.15) is 5.82 Å². The molecule has 1 aliphatic rings. The van der Waals surface area contributed by atoms with Crippen LogP contribution in [0.4, 0.5) is 15.8 Å². The molecule has 0 atom stereocenters. The molecule has 5 nitrogen and oxygen atoms in total. The lowest BCUT2D eigenvalue weighted by Crippen LogP contribution is -2.11. The molecule has 1 aliphatic heterocycles. The van der Waals surface area contributed by atoms with Gasteiger partial charge in [-0.15, -0.1) is 0 Å². The van der Waals surface area contributed by atoms with Crippen molar-refractivity contribution in [3.63, 3.8) is 0 Å². The minimum atomic E-state index is -0.249. The molecule has 0 fully saturated rings. The van der Waals surface area contributed by atoms with Gasteiger partial charge >= 0.3 is 0 Å². The molecule has 0 bridgehead atoms.